The molecule has 1 saturated heterocycles. The number of rotatable bonds is 5. The number of fused-ring (bicyclic) bond motifs is 1. The Labute approximate surface area is 170 Å². The second-order valence-corrected chi connectivity index (χ2v) is 7.76. The molecule has 0 atom stereocenters. The van der Waals surface area contributed by atoms with E-state index in [0.717, 1.165) is 35.7 Å². The molecule has 1 amide bonds. The molecule has 1 aliphatic heterocycles. The Morgan fingerprint density at radius 2 is 1.86 bits per heavy atom. The molecule has 6 heteroatoms. The van der Waals surface area contributed by atoms with E-state index in [4.69, 9.17) is 0 Å². The molecule has 4 rings (SSSR count). The van der Waals surface area contributed by atoms with Gasteiger partial charge in [-0.2, -0.15) is 0 Å². The fourth-order valence-electron chi connectivity index (χ4n) is 3.75. The standard InChI is InChI=1S/C23H26N4O2/c1-17-10-13-26(14-11-17)21-7-6-19(16-24-21)25-22(28)8-9-23(29)27-15-12-18-4-2-3-5-20(18)27/h2-7,12,15-17H,8-11,13-14H2,1H3,(H,25,28). The molecule has 1 aliphatic rings. The van der Waals surface area contributed by atoms with E-state index in [1.54, 1.807) is 17.0 Å². The summed E-state index contributed by atoms with van der Waals surface area (Å²) in [5.41, 5.74) is 1.52. The van der Waals surface area contributed by atoms with E-state index in [2.05, 4.69) is 22.1 Å². The number of nitrogens with one attached hydrogen (secondary N) is 1. The van der Waals surface area contributed by atoms with Gasteiger partial charge in [-0.3, -0.25) is 14.2 Å². The number of amides is 1. The fraction of sp³-hybridized carbons (Fsp3) is 0.348. The minimum absolute atomic E-state index is 0.0888. The van der Waals surface area contributed by atoms with Crippen molar-refractivity contribution < 1.29 is 9.59 Å². The Balaban J connectivity index is 1.30. The third-order valence-electron chi connectivity index (χ3n) is 5.57. The summed E-state index contributed by atoms with van der Waals surface area (Å²) < 4.78 is 1.61. The molecule has 6 nitrogen and oxygen atoms in total. The Bertz CT molecular complexity index is 1000. The van der Waals surface area contributed by atoms with Gasteiger partial charge in [0.05, 0.1) is 17.4 Å². The molecule has 0 bridgehead atoms. The third kappa shape index (κ3) is 4.47. The predicted octanol–water partition coefficient (Wildman–Crippen LogP) is 4.33. The van der Waals surface area contributed by atoms with Crippen LogP contribution in [0.3, 0.4) is 0 Å². The summed E-state index contributed by atoms with van der Waals surface area (Å²) in [5.74, 6) is 1.45. The Morgan fingerprint density at radius 1 is 1.07 bits per heavy atom. The maximum Gasteiger partial charge on any atom is 0.231 e. The van der Waals surface area contributed by atoms with Crippen molar-refractivity contribution in [1.29, 1.82) is 0 Å². The highest BCUT2D eigenvalue weighted by Gasteiger charge is 2.17. The number of carbonyl (C=O) groups is 2. The lowest BCUT2D eigenvalue weighted by Crippen LogP contribution is -2.33. The van der Waals surface area contributed by atoms with Gasteiger partial charge in [-0.25, -0.2) is 4.98 Å². The first-order valence-corrected chi connectivity index (χ1v) is 10.2. The van der Waals surface area contributed by atoms with Crippen LogP contribution in [0.25, 0.3) is 10.9 Å². The molecule has 0 unspecified atom stereocenters. The van der Waals surface area contributed by atoms with Crippen molar-refractivity contribution in [2.24, 2.45) is 5.92 Å². The average molecular weight is 390 g/mol. The maximum atomic E-state index is 12.5. The zero-order valence-electron chi connectivity index (χ0n) is 16.7. The monoisotopic (exact) mass is 390 g/mol. The number of piperidine rings is 1. The first-order chi connectivity index (χ1) is 14.1. The SMILES string of the molecule is CC1CCN(c2ccc(NC(=O)CCC(=O)n3ccc4ccccc43)cn2)CC1. The first-order valence-electron chi connectivity index (χ1n) is 10.2. The van der Waals surface area contributed by atoms with Crippen molar-refractivity contribution in [2.45, 2.75) is 32.6 Å². The summed E-state index contributed by atoms with van der Waals surface area (Å²) >= 11 is 0. The lowest BCUT2D eigenvalue weighted by atomic mass is 9.99. The molecule has 3 heterocycles. The number of aromatic nitrogens is 2. The molecule has 0 spiro atoms. The lowest BCUT2D eigenvalue weighted by molar-refractivity contribution is -0.116. The van der Waals surface area contributed by atoms with E-state index in [1.807, 2.05) is 42.5 Å². The Kier molecular flexibility index (Phi) is 5.60. The molecule has 2 aromatic heterocycles. The molecule has 1 N–H and O–H groups in total. The molecule has 0 radical (unpaired) electrons. The second kappa shape index (κ2) is 8.47. The quantitative estimate of drug-likeness (QED) is 0.704. The zero-order valence-corrected chi connectivity index (χ0v) is 16.7. The van der Waals surface area contributed by atoms with Gasteiger partial charge in [-0.15, -0.1) is 0 Å². The van der Waals surface area contributed by atoms with Gasteiger partial charge < -0.3 is 10.2 Å². The number of pyridine rings is 1. The lowest BCUT2D eigenvalue weighted by Gasteiger charge is -2.31. The first kappa shape index (κ1) is 19.2. The molecule has 150 valence electrons. The molecular weight excluding hydrogens is 364 g/mol. The van der Waals surface area contributed by atoms with Crippen LogP contribution in [0.5, 0.6) is 0 Å². The molecule has 0 saturated carbocycles. The van der Waals surface area contributed by atoms with Gasteiger partial charge in [0.2, 0.25) is 11.8 Å². The molecular formula is C23H26N4O2. The Hall–Kier alpha value is -3.15. The Morgan fingerprint density at radius 3 is 2.62 bits per heavy atom. The van der Waals surface area contributed by atoms with Crippen molar-refractivity contribution >= 4 is 34.2 Å². The van der Waals surface area contributed by atoms with Gasteiger partial charge in [-0.1, -0.05) is 25.1 Å². The summed E-state index contributed by atoms with van der Waals surface area (Å²) in [7, 11) is 0. The number of anilines is 2. The van der Waals surface area contributed by atoms with E-state index in [9.17, 15) is 9.59 Å². The van der Waals surface area contributed by atoms with Crippen molar-refractivity contribution in [2.75, 3.05) is 23.3 Å². The molecule has 1 fully saturated rings. The smallest absolute Gasteiger partial charge is 0.231 e. The van der Waals surface area contributed by atoms with Gasteiger partial charge in [-0.05, 0) is 43.0 Å². The van der Waals surface area contributed by atoms with Crippen LogP contribution in [0, 0.1) is 5.92 Å². The van der Waals surface area contributed by atoms with Crippen LogP contribution in [0.1, 0.15) is 37.4 Å². The number of benzene rings is 1. The van der Waals surface area contributed by atoms with Gasteiger partial charge >= 0.3 is 0 Å². The highest BCUT2D eigenvalue weighted by molar-refractivity contribution is 5.96. The molecule has 1 aromatic carbocycles. The maximum absolute atomic E-state index is 12.5. The van der Waals surface area contributed by atoms with E-state index in [1.165, 1.54) is 12.8 Å². The second-order valence-electron chi connectivity index (χ2n) is 7.76. The van der Waals surface area contributed by atoms with Crippen LogP contribution in [0.4, 0.5) is 11.5 Å². The number of para-hydroxylation sites is 1. The van der Waals surface area contributed by atoms with Crippen molar-refractivity contribution in [3.05, 3.63) is 54.9 Å². The van der Waals surface area contributed by atoms with Gasteiger partial charge in [0.15, 0.2) is 0 Å². The van der Waals surface area contributed by atoms with Crippen LogP contribution in [-0.2, 0) is 4.79 Å². The largest absolute Gasteiger partial charge is 0.357 e. The summed E-state index contributed by atoms with van der Waals surface area (Å²) in [5, 5.41) is 3.85. The van der Waals surface area contributed by atoms with Crippen LogP contribution < -0.4 is 10.2 Å². The van der Waals surface area contributed by atoms with Crippen LogP contribution >= 0.6 is 0 Å². The summed E-state index contributed by atoms with van der Waals surface area (Å²) in [6.45, 7) is 4.33. The van der Waals surface area contributed by atoms with Crippen LogP contribution in [0.15, 0.2) is 54.9 Å². The van der Waals surface area contributed by atoms with E-state index in [-0.39, 0.29) is 24.7 Å². The number of carbonyl (C=O) groups excluding carboxylic acids is 2. The van der Waals surface area contributed by atoms with Crippen molar-refractivity contribution in [1.82, 2.24) is 9.55 Å². The summed E-state index contributed by atoms with van der Waals surface area (Å²) in [6.07, 6.45) is 6.11. The van der Waals surface area contributed by atoms with Gasteiger partial charge in [0.25, 0.3) is 0 Å². The number of hydrogen-bond donors (Lipinski definition) is 1. The van der Waals surface area contributed by atoms with Crippen LogP contribution in [-0.4, -0.2) is 34.5 Å². The highest BCUT2D eigenvalue weighted by atomic mass is 16.2. The summed E-state index contributed by atoms with van der Waals surface area (Å²) in [6, 6.07) is 13.4. The zero-order chi connectivity index (χ0) is 20.2. The third-order valence-corrected chi connectivity index (χ3v) is 5.57. The predicted molar refractivity (Wildman–Crippen MR) is 115 cm³/mol. The molecule has 29 heavy (non-hydrogen) atoms. The normalized spacial score (nSPS) is 14.9. The summed E-state index contributed by atoms with van der Waals surface area (Å²) in [4.78, 5) is 31.5. The molecule has 3 aromatic rings. The average Bonchev–Trinajstić information content (AvgIpc) is 3.17. The molecule has 0 aliphatic carbocycles. The topological polar surface area (TPSA) is 67.2 Å². The van der Waals surface area contributed by atoms with Crippen molar-refractivity contribution in [3.63, 3.8) is 0 Å². The minimum atomic E-state index is -0.184. The highest BCUT2D eigenvalue weighted by Crippen LogP contribution is 2.22. The van der Waals surface area contributed by atoms with Gasteiger partial charge in [0, 0.05) is 37.5 Å². The minimum Gasteiger partial charge on any atom is -0.357 e. The van der Waals surface area contributed by atoms with E-state index in [0.29, 0.717) is 5.69 Å². The number of hydrogen-bond acceptors (Lipinski definition) is 4. The van der Waals surface area contributed by atoms with E-state index >= 15 is 0 Å². The number of nitrogens with zero attached hydrogens (tertiary/aromatic N) is 3. The van der Waals surface area contributed by atoms with E-state index < -0.39 is 0 Å². The van der Waals surface area contributed by atoms with Crippen molar-refractivity contribution in [3.8, 4) is 0 Å². The van der Waals surface area contributed by atoms with Gasteiger partial charge in [0.1, 0.15) is 5.82 Å². The van der Waals surface area contributed by atoms with Crippen LogP contribution in [0.2, 0.25) is 0 Å². The fourth-order valence-corrected chi connectivity index (χ4v) is 3.75.